The molecule has 6 rings (SSSR count). The normalized spacial score (nSPS) is 19.0. The van der Waals surface area contributed by atoms with Gasteiger partial charge in [-0.15, -0.1) is 0 Å². The predicted octanol–water partition coefficient (Wildman–Crippen LogP) is 5.14. The van der Waals surface area contributed by atoms with Crippen LogP contribution in [0.4, 0.5) is 23.7 Å². The van der Waals surface area contributed by atoms with Crippen molar-refractivity contribution in [1.29, 1.82) is 5.26 Å². The molecule has 2 saturated heterocycles. The Kier molecular flexibility index (Phi) is 13.4. The van der Waals surface area contributed by atoms with E-state index in [-0.39, 0.29) is 45.5 Å². The van der Waals surface area contributed by atoms with Gasteiger partial charge in [0.15, 0.2) is 5.54 Å². The molecule has 312 valence electrons. The van der Waals surface area contributed by atoms with Crippen LogP contribution in [-0.2, 0) is 25.2 Å². The van der Waals surface area contributed by atoms with E-state index in [0.717, 1.165) is 45.3 Å². The minimum atomic E-state index is -5.08. The number of urea groups is 1. The second-order valence-corrected chi connectivity index (χ2v) is 15.6. The van der Waals surface area contributed by atoms with Gasteiger partial charge in [-0.3, -0.25) is 4.79 Å². The van der Waals surface area contributed by atoms with Crippen LogP contribution in [0.15, 0.2) is 59.6 Å². The molecular formula is C39H45F3N6O9S. The first kappa shape index (κ1) is 43.5. The summed E-state index contributed by atoms with van der Waals surface area (Å²) in [5.74, 6) is -2.28. The summed E-state index contributed by atoms with van der Waals surface area (Å²) in [7, 11) is -1.93. The lowest BCUT2D eigenvalue weighted by molar-refractivity contribution is -0.192. The third-order valence-corrected chi connectivity index (χ3v) is 12.4. The number of hydrogen-bond acceptors (Lipinski definition) is 11. The molecule has 0 radical (unpaired) electrons. The maximum Gasteiger partial charge on any atom is 0.490 e. The average molecular weight is 831 g/mol. The zero-order valence-corrected chi connectivity index (χ0v) is 33.2. The minimum absolute atomic E-state index is 0.0272. The number of halogens is 3. The van der Waals surface area contributed by atoms with Gasteiger partial charge in [0, 0.05) is 30.9 Å². The van der Waals surface area contributed by atoms with E-state index in [1.165, 1.54) is 56.8 Å². The van der Waals surface area contributed by atoms with Gasteiger partial charge < -0.3 is 34.4 Å². The predicted molar refractivity (Wildman–Crippen MR) is 203 cm³/mol. The lowest BCUT2D eigenvalue weighted by Gasteiger charge is -2.41. The molecule has 0 saturated carbocycles. The SMILES string of the molecule is CCOc1ncccc1C1(NC(=O)N2CCC(C3CCN(CC)CC3)CC2)C(=O)N(S(=O)(=O)c2ccc(OC)cc2OC)c2ccc(C#N)cc21.O=C(O)C(F)(F)F. The highest BCUT2D eigenvalue weighted by Crippen LogP contribution is 2.50. The number of anilines is 1. The van der Waals surface area contributed by atoms with E-state index in [2.05, 4.69) is 28.2 Å². The second kappa shape index (κ2) is 17.9. The van der Waals surface area contributed by atoms with E-state index in [1.807, 2.05) is 0 Å². The molecule has 2 N–H and O–H groups in total. The van der Waals surface area contributed by atoms with Crippen molar-refractivity contribution in [2.24, 2.45) is 11.8 Å². The number of rotatable bonds is 10. The van der Waals surface area contributed by atoms with Gasteiger partial charge in [0.25, 0.3) is 15.9 Å². The first-order chi connectivity index (χ1) is 27.6. The number of sulfonamides is 1. The van der Waals surface area contributed by atoms with Crippen LogP contribution >= 0.6 is 0 Å². The van der Waals surface area contributed by atoms with Crippen LogP contribution in [0.25, 0.3) is 0 Å². The molecule has 3 aliphatic heterocycles. The van der Waals surface area contributed by atoms with Crippen molar-refractivity contribution in [3.05, 3.63) is 71.4 Å². The van der Waals surface area contributed by atoms with Gasteiger partial charge in [0.2, 0.25) is 5.88 Å². The Balaban J connectivity index is 0.000000839. The third-order valence-electron chi connectivity index (χ3n) is 10.7. The number of carbonyl (C=O) groups excluding carboxylic acids is 2. The van der Waals surface area contributed by atoms with E-state index in [1.54, 1.807) is 24.0 Å². The zero-order chi connectivity index (χ0) is 42.4. The minimum Gasteiger partial charge on any atom is -0.497 e. The number of carboxylic acid groups (broad SMARTS) is 1. The van der Waals surface area contributed by atoms with Crippen LogP contribution in [0.1, 0.15) is 56.2 Å². The van der Waals surface area contributed by atoms with Crippen LogP contribution in [0, 0.1) is 23.2 Å². The van der Waals surface area contributed by atoms with E-state index in [9.17, 15) is 31.6 Å². The van der Waals surface area contributed by atoms with E-state index < -0.39 is 39.6 Å². The highest BCUT2D eigenvalue weighted by molar-refractivity contribution is 7.93. The summed E-state index contributed by atoms with van der Waals surface area (Å²) in [6.45, 7) is 8.32. The van der Waals surface area contributed by atoms with Crippen molar-refractivity contribution in [3.8, 4) is 23.4 Å². The number of amides is 3. The number of ether oxygens (including phenoxy) is 3. The van der Waals surface area contributed by atoms with Crippen molar-refractivity contribution < 1.29 is 55.3 Å². The number of carboxylic acids is 1. The van der Waals surface area contributed by atoms with Gasteiger partial charge in [-0.25, -0.2) is 23.0 Å². The standard InChI is InChI=1S/C37H44N6O7S.C2HF3O2/c1-5-41-18-13-26(14-19-41)27-15-20-42(21-16-27)36(45)40-37(29-8-7-17-39-34(29)50-6-2)30-22-25(24-38)9-11-31(30)43(35(37)44)51(46,47)33-12-10-28(48-3)23-32(33)49-4;3-2(4,5)1(6)7/h7-12,17,22-23,26-27H,5-6,13-16,18-21H2,1-4H3,(H,40,45);(H,6,7). The van der Waals surface area contributed by atoms with Gasteiger partial charge in [-0.2, -0.15) is 22.7 Å². The Hall–Kier alpha value is -5.61. The fraction of sp³-hybridized carbons (Fsp3) is 0.462. The molecule has 3 amide bonds. The Labute approximate surface area is 334 Å². The maximum absolute atomic E-state index is 15.2. The van der Waals surface area contributed by atoms with Crippen LogP contribution < -0.4 is 23.8 Å². The number of carbonyl (C=O) groups is 3. The fourth-order valence-electron chi connectivity index (χ4n) is 7.72. The molecule has 3 aromatic rings. The molecule has 58 heavy (non-hydrogen) atoms. The molecule has 0 bridgehead atoms. The number of nitrogens with one attached hydrogen (secondary N) is 1. The number of benzene rings is 2. The smallest absolute Gasteiger partial charge is 0.490 e. The van der Waals surface area contributed by atoms with Gasteiger partial charge in [0.05, 0.1) is 43.7 Å². The van der Waals surface area contributed by atoms with Crippen molar-refractivity contribution in [1.82, 2.24) is 20.1 Å². The number of aromatic nitrogens is 1. The molecule has 4 heterocycles. The molecular weight excluding hydrogens is 786 g/mol. The topological polar surface area (TPSA) is 192 Å². The number of pyridine rings is 1. The number of alkyl halides is 3. The number of piperidine rings is 2. The van der Waals surface area contributed by atoms with Gasteiger partial charge in [-0.1, -0.05) is 6.92 Å². The monoisotopic (exact) mass is 830 g/mol. The van der Waals surface area contributed by atoms with Crippen molar-refractivity contribution >= 4 is 33.6 Å². The van der Waals surface area contributed by atoms with Crippen LogP contribution in [0.3, 0.4) is 0 Å². The Bertz CT molecular complexity index is 2150. The summed E-state index contributed by atoms with van der Waals surface area (Å²) < 4.78 is 78.3. The molecule has 0 aliphatic carbocycles. The second-order valence-electron chi connectivity index (χ2n) is 13.8. The Morgan fingerprint density at radius 1 is 0.983 bits per heavy atom. The molecule has 0 spiro atoms. The summed E-state index contributed by atoms with van der Waals surface area (Å²) in [4.78, 5) is 46.7. The molecule has 19 heteroatoms. The Morgan fingerprint density at radius 2 is 1.62 bits per heavy atom. The highest BCUT2D eigenvalue weighted by Gasteiger charge is 2.59. The first-order valence-electron chi connectivity index (χ1n) is 18.6. The zero-order valence-electron chi connectivity index (χ0n) is 32.4. The number of nitrogens with zero attached hydrogens (tertiary/aromatic N) is 5. The van der Waals surface area contributed by atoms with E-state index >= 15 is 4.79 Å². The number of hydrogen-bond donors (Lipinski definition) is 2. The number of likely N-dealkylation sites (tertiary alicyclic amines) is 2. The number of aliphatic carboxylic acids is 1. The summed E-state index contributed by atoms with van der Waals surface area (Å²) in [6, 6.07) is 13.2. The van der Waals surface area contributed by atoms with Crippen molar-refractivity contribution in [2.45, 2.75) is 56.1 Å². The number of methoxy groups -OCH3 is 2. The summed E-state index contributed by atoms with van der Waals surface area (Å²) in [5.41, 5.74) is -1.76. The highest BCUT2D eigenvalue weighted by atomic mass is 32.2. The molecule has 15 nitrogen and oxygen atoms in total. The molecule has 1 unspecified atom stereocenters. The molecule has 2 aromatic carbocycles. The Morgan fingerprint density at radius 3 is 2.17 bits per heavy atom. The van der Waals surface area contributed by atoms with Gasteiger partial charge >= 0.3 is 18.2 Å². The molecule has 1 aromatic heterocycles. The lowest BCUT2D eigenvalue weighted by Crippen LogP contribution is -2.58. The number of nitriles is 1. The van der Waals surface area contributed by atoms with Crippen molar-refractivity contribution in [3.63, 3.8) is 0 Å². The summed E-state index contributed by atoms with van der Waals surface area (Å²) >= 11 is 0. The van der Waals surface area contributed by atoms with Gasteiger partial charge in [0.1, 0.15) is 16.4 Å². The largest absolute Gasteiger partial charge is 0.497 e. The van der Waals surface area contributed by atoms with Gasteiger partial charge in [-0.05, 0) is 107 Å². The van der Waals surface area contributed by atoms with Crippen LogP contribution in [-0.4, -0.2) is 106 Å². The van der Waals surface area contributed by atoms with E-state index in [0.29, 0.717) is 35.0 Å². The van der Waals surface area contributed by atoms with E-state index in [4.69, 9.17) is 24.1 Å². The summed E-state index contributed by atoms with van der Waals surface area (Å²) in [6.07, 6.45) is 0.350. The molecule has 2 fully saturated rings. The maximum atomic E-state index is 15.2. The number of fused-ring (bicyclic) bond motifs is 1. The molecule has 1 atom stereocenters. The fourth-order valence-corrected chi connectivity index (χ4v) is 9.32. The summed E-state index contributed by atoms with van der Waals surface area (Å²) in [5, 5.41) is 20.1. The lowest BCUT2D eigenvalue weighted by atomic mass is 9.79. The first-order valence-corrected chi connectivity index (χ1v) is 20.0. The van der Waals surface area contributed by atoms with Crippen molar-refractivity contribution in [2.75, 3.05) is 57.9 Å². The average Bonchev–Trinajstić information content (AvgIpc) is 3.47. The van der Waals surface area contributed by atoms with Crippen LogP contribution in [0.2, 0.25) is 0 Å². The quantitative estimate of drug-likeness (QED) is 0.274. The third kappa shape index (κ3) is 8.62. The van der Waals surface area contributed by atoms with Crippen LogP contribution in [0.5, 0.6) is 17.4 Å². The molecule has 3 aliphatic rings.